The average Bonchev–Trinajstić information content (AvgIpc) is 2.43. The lowest BCUT2D eigenvalue weighted by Gasteiger charge is -2.10. The number of benzene rings is 1. The fourth-order valence-electron chi connectivity index (χ4n) is 1.76. The zero-order valence-corrected chi connectivity index (χ0v) is 12.4. The summed E-state index contributed by atoms with van der Waals surface area (Å²) in [6.07, 6.45) is 0. The summed E-state index contributed by atoms with van der Waals surface area (Å²) in [7, 11) is 0. The molecule has 2 rings (SSSR count). The Balaban J connectivity index is 2.12. The van der Waals surface area contributed by atoms with E-state index in [2.05, 4.69) is 41.3 Å². The Bertz CT molecular complexity index is 541. The van der Waals surface area contributed by atoms with Crippen LogP contribution in [0.5, 0.6) is 0 Å². The van der Waals surface area contributed by atoms with Gasteiger partial charge in [-0.2, -0.15) is 0 Å². The van der Waals surface area contributed by atoms with Crippen molar-refractivity contribution in [1.29, 1.82) is 0 Å². The highest BCUT2D eigenvalue weighted by atomic mass is 32.2. The third-order valence-electron chi connectivity index (χ3n) is 2.89. The number of hydrogen-bond donors (Lipinski definition) is 1. The van der Waals surface area contributed by atoms with Crippen molar-refractivity contribution in [3.8, 4) is 0 Å². The lowest BCUT2D eigenvalue weighted by atomic mass is 10.2. The molecule has 1 N–H and O–H groups in total. The molecule has 0 aliphatic heterocycles. The van der Waals surface area contributed by atoms with Gasteiger partial charge in [-0.05, 0) is 32.9 Å². The van der Waals surface area contributed by atoms with Crippen LogP contribution in [0.4, 0.5) is 5.82 Å². The van der Waals surface area contributed by atoms with E-state index in [1.165, 1.54) is 4.90 Å². The first-order valence-corrected chi connectivity index (χ1v) is 7.45. The number of hydrogen-bond acceptors (Lipinski definition) is 4. The summed E-state index contributed by atoms with van der Waals surface area (Å²) < 4.78 is 0. The second kappa shape index (κ2) is 6.57. The van der Waals surface area contributed by atoms with Gasteiger partial charge in [-0.3, -0.25) is 0 Å². The molecular weight excluding hydrogens is 254 g/mol. The van der Waals surface area contributed by atoms with E-state index in [0.29, 0.717) is 0 Å². The Labute approximate surface area is 118 Å². The number of nitrogens with zero attached hydrogens (tertiary/aromatic N) is 2. The fourth-order valence-corrected chi connectivity index (χ4v) is 2.53. The molecule has 0 bridgehead atoms. The van der Waals surface area contributed by atoms with Gasteiger partial charge < -0.3 is 5.32 Å². The van der Waals surface area contributed by atoms with E-state index >= 15 is 0 Å². The molecule has 0 radical (unpaired) electrons. The monoisotopic (exact) mass is 273 g/mol. The summed E-state index contributed by atoms with van der Waals surface area (Å²) in [4.78, 5) is 10.4. The second-order valence-corrected chi connectivity index (χ2v) is 5.38. The SMILES string of the molecule is CCNc1nc(CSc2ccccc2)nc(C)c1C. The summed E-state index contributed by atoms with van der Waals surface area (Å²) in [6, 6.07) is 10.3. The zero-order chi connectivity index (χ0) is 13.7. The van der Waals surface area contributed by atoms with Crippen molar-refractivity contribution in [2.75, 3.05) is 11.9 Å². The Hall–Kier alpha value is -1.55. The third-order valence-corrected chi connectivity index (χ3v) is 3.90. The highest BCUT2D eigenvalue weighted by Crippen LogP contribution is 2.22. The van der Waals surface area contributed by atoms with Crippen LogP contribution in [0.1, 0.15) is 24.0 Å². The molecule has 0 saturated heterocycles. The van der Waals surface area contributed by atoms with Gasteiger partial charge in [0.25, 0.3) is 0 Å². The molecule has 0 spiro atoms. The molecule has 0 atom stereocenters. The van der Waals surface area contributed by atoms with Crippen LogP contribution in [0, 0.1) is 13.8 Å². The van der Waals surface area contributed by atoms with Crippen LogP contribution >= 0.6 is 11.8 Å². The topological polar surface area (TPSA) is 37.8 Å². The van der Waals surface area contributed by atoms with Crippen molar-refractivity contribution in [3.05, 3.63) is 47.4 Å². The summed E-state index contributed by atoms with van der Waals surface area (Å²) in [5, 5.41) is 3.29. The van der Waals surface area contributed by atoms with Crippen LogP contribution < -0.4 is 5.32 Å². The van der Waals surface area contributed by atoms with Gasteiger partial charge in [0, 0.05) is 22.7 Å². The molecule has 3 nitrogen and oxygen atoms in total. The molecular formula is C15H19N3S. The van der Waals surface area contributed by atoms with Crippen LogP contribution in [0.15, 0.2) is 35.2 Å². The molecule has 1 aromatic carbocycles. The molecule has 0 aliphatic carbocycles. The Morgan fingerprint density at radius 2 is 1.84 bits per heavy atom. The smallest absolute Gasteiger partial charge is 0.141 e. The first-order chi connectivity index (χ1) is 9.20. The van der Waals surface area contributed by atoms with Gasteiger partial charge >= 0.3 is 0 Å². The summed E-state index contributed by atoms with van der Waals surface area (Å²) in [5.74, 6) is 2.63. The van der Waals surface area contributed by atoms with Gasteiger partial charge in [-0.15, -0.1) is 11.8 Å². The van der Waals surface area contributed by atoms with Crippen LogP contribution in [0.25, 0.3) is 0 Å². The van der Waals surface area contributed by atoms with Crippen molar-refractivity contribution in [3.63, 3.8) is 0 Å². The minimum Gasteiger partial charge on any atom is -0.370 e. The maximum atomic E-state index is 4.59. The quantitative estimate of drug-likeness (QED) is 0.840. The largest absolute Gasteiger partial charge is 0.370 e. The molecule has 0 aliphatic rings. The molecule has 2 aromatic rings. The normalized spacial score (nSPS) is 10.5. The Kier molecular flexibility index (Phi) is 4.80. The van der Waals surface area contributed by atoms with E-state index < -0.39 is 0 Å². The van der Waals surface area contributed by atoms with Crippen LogP contribution in [0.3, 0.4) is 0 Å². The zero-order valence-electron chi connectivity index (χ0n) is 11.6. The average molecular weight is 273 g/mol. The lowest BCUT2D eigenvalue weighted by Crippen LogP contribution is -2.07. The standard InChI is InChI=1S/C15H19N3S/c1-4-16-15-11(2)12(3)17-14(18-15)10-19-13-8-6-5-7-9-13/h5-9H,4,10H2,1-3H3,(H,16,17,18). The fraction of sp³-hybridized carbons (Fsp3) is 0.333. The van der Waals surface area contributed by atoms with Gasteiger partial charge in [-0.25, -0.2) is 9.97 Å². The van der Waals surface area contributed by atoms with E-state index in [-0.39, 0.29) is 0 Å². The molecule has 19 heavy (non-hydrogen) atoms. The Morgan fingerprint density at radius 1 is 1.11 bits per heavy atom. The molecule has 4 heteroatoms. The van der Waals surface area contributed by atoms with Gasteiger partial charge in [0.15, 0.2) is 0 Å². The highest BCUT2D eigenvalue weighted by molar-refractivity contribution is 7.98. The number of nitrogens with one attached hydrogen (secondary N) is 1. The molecule has 1 heterocycles. The highest BCUT2D eigenvalue weighted by Gasteiger charge is 2.07. The van der Waals surface area contributed by atoms with Crippen molar-refractivity contribution in [1.82, 2.24) is 9.97 Å². The van der Waals surface area contributed by atoms with Gasteiger partial charge in [-0.1, -0.05) is 18.2 Å². The van der Waals surface area contributed by atoms with E-state index in [1.807, 2.05) is 25.1 Å². The second-order valence-electron chi connectivity index (χ2n) is 4.33. The molecule has 0 saturated carbocycles. The first kappa shape index (κ1) is 13.9. The predicted molar refractivity (Wildman–Crippen MR) is 81.7 cm³/mol. The number of aromatic nitrogens is 2. The van der Waals surface area contributed by atoms with E-state index in [4.69, 9.17) is 0 Å². The summed E-state index contributed by atoms with van der Waals surface area (Å²) >= 11 is 1.76. The molecule has 1 aromatic heterocycles. The van der Waals surface area contributed by atoms with Crippen molar-refractivity contribution < 1.29 is 0 Å². The molecule has 0 fully saturated rings. The first-order valence-electron chi connectivity index (χ1n) is 6.46. The minimum absolute atomic E-state index is 0.795. The number of aryl methyl sites for hydroxylation is 1. The summed E-state index contributed by atoms with van der Waals surface area (Å²) in [6.45, 7) is 7.05. The maximum Gasteiger partial charge on any atom is 0.141 e. The Morgan fingerprint density at radius 3 is 2.53 bits per heavy atom. The predicted octanol–water partition coefficient (Wildman–Crippen LogP) is 3.82. The summed E-state index contributed by atoms with van der Waals surface area (Å²) in [5.41, 5.74) is 2.19. The molecule has 0 amide bonds. The number of anilines is 1. The van der Waals surface area contributed by atoms with E-state index in [1.54, 1.807) is 11.8 Å². The van der Waals surface area contributed by atoms with Gasteiger partial charge in [0.1, 0.15) is 11.6 Å². The third kappa shape index (κ3) is 3.70. The van der Waals surface area contributed by atoms with Crippen LogP contribution in [-0.2, 0) is 5.75 Å². The molecule has 100 valence electrons. The van der Waals surface area contributed by atoms with Crippen molar-refractivity contribution >= 4 is 17.6 Å². The van der Waals surface area contributed by atoms with Crippen molar-refractivity contribution in [2.24, 2.45) is 0 Å². The van der Waals surface area contributed by atoms with Crippen LogP contribution in [-0.4, -0.2) is 16.5 Å². The van der Waals surface area contributed by atoms with Crippen molar-refractivity contribution in [2.45, 2.75) is 31.4 Å². The number of rotatable bonds is 5. The van der Waals surface area contributed by atoms with Gasteiger partial charge in [0.05, 0.1) is 5.75 Å². The minimum atomic E-state index is 0.795. The van der Waals surface area contributed by atoms with E-state index in [9.17, 15) is 0 Å². The van der Waals surface area contributed by atoms with Crippen LogP contribution in [0.2, 0.25) is 0 Å². The molecule has 0 unspecified atom stereocenters. The number of thioether (sulfide) groups is 1. The van der Waals surface area contributed by atoms with Gasteiger partial charge in [0.2, 0.25) is 0 Å². The maximum absolute atomic E-state index is 4.59. The lowest BCUT2D eigenvalue weighted by molar-refractivity contribution is 0.964. The van der Waals surface area contributed by atoms with E-state index in [0.717, 1.165) is 35.2 Å².